The van der Waals surface area contributed by atoms with Crippen molar-refractivity contribution in [1.82, 2.24) is 9.88 Å². The number of nitrogens with one attached hydrogen (secondary N) is 1. The highest BCUT2D eigenvalue weighted by Gasteiger charge is 2.21. The van der Waals surface area contributed by atoms with Crippen molar-refractivity contribution in [1.29, 1.82) is 0 Å². The van der Waals surface area contributed by atoms with Gasteiger partial charge < -0.3 is 9.72 Å². The number of aromatic amines is 1. The highest BCUT2D eigenvalue weighted by atomic mass is 35.5. The van der Waals surface area contributed by atoms with Gasteiger partial charge in [-0.15, -0.1) is 0 Å². The van der Waals surface area contributed by atoms with Crippen LogP contribution in [0.1, 0.15) is 17.2 Å². The molecule has 0 fully saturated rings. The van der Waals surface area contributed by atoms with Crippen LogP contribution < -0.4 is 4.74 Å². The van der Waals surface area contributed by atoms with Crippen LogP contribution in [-0.4, -0.2) is 31.1 Å². The molecule has 0 saturated carbocycles. The van der Waals surface area contributed by atoms with Gasteiger partial charge in [0.15, 0.2) is 0 Å². The fourth-order valence-electron chi connectivity index (χ4n) is 2.92. The van der Waals surface area contributed by atoms with Crippen molar-refractivity contribution in [2.75, 3.05) is 21.2 Å². The summed E-state index contributed by atoms with van der Waals surface area (Å²) in [6, 6.07) is 14.2. The zero-order valence-electron chi connectivity index (χ0n) is 12.9. The molecule has 3 nitrogen and oxygen atoms in total. The Kier molecular flexibility index (Phi) is 4.10. The zero-order chi connectivity index (χ0) is 15.7. The fraction of sp³-hybridized carbons (Fsp3) is 0.222. The van der Waals surface area contributed by atoms with Gasteiger partial charge in [0.25, 0.3) is 0 Å². The molecule has 3 aromatic rings. The number of nitrogens with zero attached hydrogens (tertiary/aromatic N) is 1. The van der Waals surface area contributed by atoms with Crippen molar-refractivity contribution in [2.24, 2.45) is 0 Å². The van der Waals surface area contributed by atoms with E-state index in [1.165, 1.54) is 11.1 Å². The molecule has 0 aliphatic rings. The van der Waals surface area contributed by atoms with E-state index in [4.69, 9.17) is 16.3 Å². The Bertz CT molecular complexity index is 777. The maximum absolute atomic E-state index is 6.43. The van der Waals surface area contributed by atoms with Gasteiger partial charge in [-0.2, -0.15) is 0 Å². The molecular formula is C18H19ClN2O. The number of ether oxygens (including phenoxy) is 1. The van der Waals surface area contributed by atoms with E-state index in [9.17, 15) is 0 Å². The lowest BCUT2D eigenvalue weighted by molar-refractivity contribution is 0.343. The summed E-state index contributed by atoms with van der Waals surface area (Å²) in [5.41, 5.74) is 3.44. The first-order valence-corrected chi connectivity index (χ1v) is 7.55. The van der Waals surface area contributed by atoms with Crippen LogP contribution in [-0.2, 0) is 0 Å². The fourth-order valence-corrected chi connectivity index (χ4v) is 3.21. The highest BCUT2D eigenvalue weighted by Crippen LogP contribution is 2.36. The minimum atomic E-state index is 0.125. The summed E-state index contributed by atoms with van der Waals surface area (Å²) in [6.07, 6.45) is 2.05. The second-order valence-corrected chi connectivity index (χ2v) is 5.95. The van der Waals surface area contributed by atoms with Crippen LogP contribution in [0.25, 0.3) is 10.9 Å². The average Bonchev–Trinajstić information content (AvgIpc) is 2.93. The van der Waals surface area contributed by atoms with Crippen molar-refractivity contribution in [2.45, 2.75) is 6.04 Å². The Morgan fingerprint density at radius 2 is 1.82 bits per heavy atom. The number of aromatic nitrogens is 1. The number of fused-ring (bicyclic) bond motifs is 1. The number of hydrogen-bond donors (Lipinski definition) is 1. The summed E-state index contributed by atoms with van der Waals surface area (Å²) < 4.78 is 5.25. The van der Waals surface area contributed by atoms with Gasteiger partial charge in [-0.1, -0.05) is 29.8 Å². The van der Waals surface area contributed by atoms with E-state index < -0.39 is 0 Å². The van der Waals surface area contributed by atoms with E-state index in [0.29, 0.717) is 0 Å². The molecule has 1 heterocycles. The Morgan fingerprint density at radius 3 is 2.45 bits per heavy atom. The van der Waals surface area contributed by atoms with Crippen molar-refractivity contribution < 1.29 is 4.74 Å². The lowest BCUT2D eigenvalue weighted by atomic mass is 9.97. The van der Waals surface area contributed by atoms with Gasteiger partial charge in [0, 0.05) is 22.7 Å². The second-order valence-electron chi connectivity index (χ2n) is 5.55. The summed E-state index contributed by atoms with van der Waals surface area (Å²) >= 11 is 6.43. The molecular weight excluding hydrogens is 296 g/mol. The van der Waals surface area contributed by atoms with Crippen molar-refractivity contribution in [3.8, 4) is 5.75 Å². The third kappa shape index (κ3) is 2.58. The summed E-state index contributed by atoms with van der Waals surface area (Å²) in [6.45, 7) is 0. The van der Waals surface area contributed by atoms with Gasteiger partial charge in [-0.05, 0) is 43.9 Å². The van der Waals surface area contributed by atoms with Gasteiger partial charge in [-0.25, -0.2) is 0 Å². The first kappa shape index (κ1) is 14.9. The molecule has 0 amide bonds. The van der Waals surface area contributed by atoms with E-state index in [1.54, 1.807) is 7.11 Å². The molecule has 1 N–H and O–H groups in total. The first-order chi connectivity index (χ1) is 10.6. The molecule has 0 radical (unpaired) electrons. The largest absolute Gasteiger partial charge is 0.497 e. The number of methoxy groups -OCH3 is 1. The smallest absolute Gasteiger partial charge is 0.118 e. The summed E-state index contributed by atoms with van der Waals surface area (Å²) in [7, 11) is 5.83. The van der Waals surface area contributed by atoms with Crippen LogP contribution in [0.3, 0.4) is 0 Å². The number of benzene rings is 2. The molecule has 2 aromatic carbocycles. The molecule has 1 unspecified atom stereocenters. The maximum atomic E-state index is 6.43. The molecule has 0 bridgehead atoms. The van der Waals surface area contributed by atoms with Crippen LogP contribution in [0.2, 0.25) is 5.02 Å². The van der Waals surface area contributed by atoms with Gasteiger partial charge in [0.05, 0.1) is 18.2 Å². The minimum Gasteiger partial charge on any atom is -0.497 e. The third-order valence-electron chi connectivity index (χ3n) is 3.93. The Balaban J connectivity index is 2.14. The topological polar surface area (TPSA) is 28.3 Å². The lowest BCUT2D eigenvalue weighted by Gasteiger charge is -2.25. The summed E-state index contributed by atoms with van der Waals surface area (Å²) in [5, 5.41) is 1.85. The van der Waals surface area contributed by atoms with Crippen LogP contribution in [0.4, 0.5) is 0 Å². The van der Waals surface area contributed by atoms with Crippen molar-refractivity contribution in [3.63, 3.8) is 0 Å². The van der Waals surface area contributed by atoms with Crippen LogP contribution >= 0.6 is 11.6 Å². The molecule has 22 heavy (non-hydrogen) atoms. The van der Waals surface area contributed by atoms with Gasteiger partial charge in [0.2, 0.25) is 0 Å². The van der Waals surface area contributed by atoms with E-state index >= 15 is 0 Å². The van der Waals surface area contributed by atoms with Crippen LogP contribution in [0.5, 0.6) is 5.75 Å². The number of hydrogen-bond acceptors (Lipinski definition) is 2. The Hall–Kier alpha value is -1.97. The number of H-pyrrole nitrogens is 1. The highest BCUT2D eigenvalue weighted by molar-refractivity contribution is 6.35. The molecule has 3 rings (SSSR count). The molecule has 1 aromatic heterocycles. The minimum absolute atomic E-state index is 0.125. The predicted molar refractivity (Wildman–Crippen MR) is 91.8 cm³/mol. The predicted octanol–water partition coefficient (Wildman–Crippen LogP) is 4.48. The lowest BCUT2D eigenvalue weighted by Crippen LogP contribution is -2.20. The zero-order valence-corrected chi connectivity index (χ0v) is 13.7. The van der Waals surface area contributed by atoms with E-state index in [0.717, 1.165) is 21.7 Å². The molecule has 114 valence electrons. The number of halogens is 1. The molecule has 0 aliphatic carbocycles. The quantitative estimate of drug-likeness (QED) is 0.769. The van der Waals surface area contributed by atoms with Gasteiger partial charge in [0.1, 0.15) is 5.75 Å². The van der Waals surface area contributed by atoms with Crippen molar-refractivity contribution >= 4 is 22.5 Å². The number of rotatable bonds is 4. The molecule has 0 aliphatic heterocycles. The first-order valence-electron chi connectivity index (χ1n) is 7.17. The SMILES string of the molecule is COc1ccc(C(c2c[nH]c3cccc(Cl)c23)N(C)C)cc1. The van der Waals surface area contributed by atoms with E-state index in [1.807, 2.05) is 36.5 Å². The summed E-state index contributed by atoms with van der Waals surface area (Å²) in [5.74, 6) is 0.859. The average molecular weight is 315 g/mol. The molecule has 0 spiro atoms. The van der Waals surface area contributed by atoms with Crippen LogP contribution in [0, 0.1) is 0 Å². The third-order valence-corrected chi connectivity index (χ3v) is 4.24. The van der Waals surface area contributed by atoms with Crippen molar-refractivity contribution in [3.05, 3.63) is 64.8 Å². The standard InChI is InChI=1S/C18H19ClN2O/c1-21(2)18(12-7-9-13(22-3)10-8-12)14-11-20-16-6-4-5-15(19)17(14)16/h4-11,18,20H,1-3H3. The molecule has 1 atom stereocenters. The molecule has 4 heteroatoms. The monoisotopic (exact) mass is 314 g/mol. The Labute approximate surface area is 135 Å². The maximum Gasteiger partial charge on any atom is 0.118 e. The summed E-state index contributed by atoms with van der Waals surface area (Å²) in [4.78, 5) is 5.51. The van der Waals surface area contributed by atoms with Gasteiger partial charge >= 0.3 is 0 Å². The Morgan fingerprint density at radius 1 is 1.09 bits per heavy atom. The van der Waals surface area contributed by atoms with Crippen LogP contribution in [0.15, 0.2) is 48.7 Å². The van der Waals surface area contributed by atoms with E-state index in [2.05, 4.69) is 36.1 Å². The molecule has 0 saturated heterocycles. The van der Waals surface area contributed by atoms with Gasteiger partial charge in [-0.3, -0.25) is 4.90 Å². The normalized spacial score (nSPS) is 12.8. The van der Waals surface area contributed by atoms with E-state index in [-0.39, 0.29) is 6.04 Å². The second kappa shape index (κ2) is 6.03.